The van der Waals surface area contributed by atoms with Crippen LogP contribution in [0, 0.1) is 5.82 Å². The SMILES string of the molecule is Oc1ccc(C2(O)CCC2)cc1F. The van der Waals surface area contributed by atoms with Crippen LogP contribution in [0.25, 0.3) is 0 Å². The third-order valence-electron chi connectivity index (χ3n) is 2.67. The van der Waals surface area contributed by atoms with Crippen LogP contribution in [0.4, 0.5) is 4.39 Å². The lowest BCUT2D eigenvalue weighted by Gasteiger charge is -2.37. The molecule has 1 aliphatic carbocycles. The molecule has 0 aliphatic heterocycles. The molecule has 2 nitrogen and oxygen atoms in total. The maximum atomic E-state index is 12.9. The molecule has 70 valence electrons. The molecule has 0 amide bonds. The lowest BCUT2D eigenvalue weighted by molar-refractivity contribution is -0.0390. The standard InChI is InChI=1S/C10H11FO2/c11-8-6-7(2-3-9(8)12)10(13)4-1-5-10/h2-3,6,12-13H,1,4-5H2. The number of benzene rings is 1. The van der Waals surface area contributed by atoms with Crippen LogP contribution in [-0.4, -0.2) is 10.2 Å². The number of aliphatic hydroxyl groups is 1. The second-order valence-electron chi connectivity index (χ2n) is 3.55. The summed E-state index contributed by atoms with van der Waals surface area (Å²) in [4.78, 5) is 0. The molecule has 3 heteroatoms. The summed E-state index contributed by atoms with van der Waals surface area (Å²) in [6.07, 6.45) is 2.33. The molecule has 0 aromatic heterocycles. The van der Waals surface area contributed by atoms with E-state index >= 15 is 0 Å². The van der Waals surface area contributed by atoms with Gasteiger partial charge in [-0.25, -0.2) is 4.39 Å². The molecule has 2 rings (SSSR count). The fourth-order valence-electron chi connectivity index (χ4n) is 1.60. The summed E-state index contributed by atoms with van der Waals surface area (Å²) >= 11 is 0. The molecule has 0 saturated heterocycles. The minimum absolute atomic E-state index is 0.369. The number of aromatic hydroxyl groups is 1. The van der Waals surface area contributed by atoms with Gasteiger partial charge in [0.05, 0.1) is 5.60 Å². The van der Waals surface area contributed by atoms with Crippen LogP contribution in [0.3, 0.4) is 0 Å². The molecule has 0 bridgehead atoms. The lowest BCUT2D eigenvalue weighted by Crippen LogP contribution is -2.33. The quantitative estimate of drug-likeness (QED) is 0.696. The van der Waals surface area contributed by atoms with Gasteiger partial charge in [0.25, 0.3) is 0 Å². The number of hydrogen-bond donors (Lipinski definition) is 2. The number of phenols is 1. The zero-order valence-electron chi connectivity index (χ0n) is 7.13. The summed E-state index contributed by atoms with van der Waals surface area (Å²) < 4.78 is 12.9. The largest absolute Gasteiger partial charge is 0.505 e. The Bertz CT molecular complexity index is 332. The van der Waals surface area contributed by atoms with Crippen molar-refractivity contribution in [3.63, 3.8) is 0 Å². The van der Waals surface area contributed by atoms with Crippen LogP contribution >= 0.6 is 0 Å². The summed E-state index contributed by atoms with van der Waals surface area (Å²) in [6, 6.07) is 4.05. The lowest BCUT2D eigenvalue weighted by atomic mass is 9.75. The monoisotopic (exact) mass is 182 g/mol. The fourth-order valence-corrected chi connectivity index (χ4v) is 1.60. The van der Waals surface area contributed by atoms with Crippen molar-refractivity contribution in [2.24, 2.45) is 0 Å². The second kappa shape index (κ2) is 2.70. The van der Waals surface area contributed by atoms with E-state index in [9.17, 15) is 9.50 Å². The molecule has 0 spiro atoms. The van der Waals surface area contributed by atoms with Gasteiger partial charge in [0.2, 0.25) is 0 Å². The van der Waals surface area contributed by atoms with E-state index in [1.165, 1.54) is 12.1 Å². The maximum Gasteiger partial charge on any atom is 0.165 e. The Morgan fingerprint density at radius 3 is 2.46 bits per heavy atom. The highest BCUT2D eigenvalue weighted by Crippen LogP contribution is 2.41. The van der Waals surface area contributed by atoms with E-state index < -0.39 is 11.4 Å². The molecular formula is C10H11FO2. The van der Waals surface area contributed by atoms with Gasteiger partial charge in [-0.2, -0.15) is 0 Å². The normalized spacial score (nSPS) is 19.5. The highest BCUT2D eigenvalue weighted by atomic mass is 19.1. The first-order valence-corrected chi connectivity index (χ1v) is 4.33. The first kappa shape index (κ1) is 8.51. The second-order valence-corrected chi connectivity index (χ2v) is 3.55. The van der Waals surface area contributed by atoms with E-state index in [2.05, 4.69) is 0 Å². The van der Waals surface area contributed by atoms with Gasteiger partial charge in [0.1, 0.15) is 0 Å². The van der Waals surface area contributed by atoms with E-state index in [-0.39, 0.29) is 5.75 Å². The van der Waals surface area contributed by atoms with Crippen LogP contribution in [-0.2, 0) is 5.60 Å². The maximum absolute atomic E-state index is 12.9. The van der Waals surface area contributed by atoms with Crippen LogP contribution in [0.1, 0.15) is 24.8 Å². The van der Waals surface area contributed by atoms with Crippen molar-refractivity contribution in [3.05, 3.63) is 29.6 Å². The molecule has 0 unspecified atom stereocenters. The Labute approximate surface area is 75.6 Å². The van der Waals surface area contributed by atoms with E-state index in [1.807, 2.05) is 0 Å². The summed E-state index contributed by atoms with van der Waals surface area (Å²) in [5.74, 6) is -1.04. The van der Waals surface area contributed by atoms with E-state index in [0.29, 0.717) is 18.4 Å². The molecule has 1 saturated carbocycles. The van der Waals surface area contributed by atoms with Gasteiger partial charge in [-0.3, -0.25) is 0 Å². The van der Waals surface area contributed by atoms with Gasteiger partial charge in [0, 0.05) is 0 Å². The van der Waals surface area contributed by atoms with Gasteiger partial charge in [0.15, 0.2) is 11.6 Å². The Morgan fingerprint density at radius 1 is 1.31 bits per heavy atom. The average molecular weight is 182 g/mol. The Hall–Kier alpha value is -1.09. The number of hydrogen-bond acceptors (Lipinski definition) is 2. The highest BCUT2D eigenvalue weighted by molar-refractivity contribution is 5.32. The topological polar surface area (TPSA) is 40.5 Å². The van der Waals surface area contributed by atoms with Crippen molar-refractivity contribution < 1.29 is 14.6 Å². The van der Waals surface area contributed by atoms with E-state index in [1.54, 1.807) is 6.07 Å². The zero-order valence-corrected chi connectivity index (χ0v) is 7.13. The molecule has 0 atom stereocenters. The fraction of sp³-hybridized carbons (Fsp3) is 0.400. The molecule has 0 radical (unpaired) electrons. The van der Waals surface area contributed by atoms with Crippen molar-refractivity contribution in [2.45, 2.75) is 24.9 Å². The number of rotatable bonds is 1. The van der Waals surface area contributed by atoms with E-state index in [4.69, 9.17) is 5.11 Å². The van der Waals surface area contributed by atoms with Gasteiger partial charge < -0.3 is 10.2 Å². The first-order chi connectivity index (χ1) is 6.12. The Morgan fingerprint density at radius 2 is 2.00 bits per heavy atom. The van der Waals surface area contributed by atoms with Gasteiger partial charge in [-0.15, -0.1) is 0 Å². The zero-order chi connectivity index (χ0) is 9.47. The van der Waals surface area contributed by atoms with Gasteiger partial charge in [-0.1, -0.05) is 6.07 Å². The predicted molar refractivity (Wildman–Crippen MR) is 45.8 cm³/mol. The van der Waals surface area contributed by atoms with Crippen LogP contribution in [0.15, 0.2) is 18.2 Å². The first-order valence-electron chi connectivity index (χ1n) is 4.33. The van der Waals surface area contributed by atoms with Crippen molar-refractivity contribution >= 4 is 0 Å². The molecule has 2 N–H and O–H groups in total. The Kier molecular flexibility index (Phi) is 1.77. The van der Waals surface area contributed by atoms with Crippen LogP contribution < -0.4 is 0 Å². The smallest absolute Gasteiger partial charge is 0.165 e. The molecular weight excluding hydrogens is 171 g/mol. The molecule has 1 aromatic rings. The van der Waals surface area contributed by atoms with Crippen LogP contribution in [0.5, 0.6) is 5.75 Å². The summed E-state index contributed by atoms with van der Waals surface area (Å²) in [5.41, 5.74) is -0.289. The van der Waals surface area contributed by atoms with Crippen LogP contribution in [0.2, 0.25) is 0 Å². The third kappa shape index (κ3) is 1.29. The summed E-state index contributed by atoms with van der Waals surface area (Å²) in [5, 5.41) is 18.8. The van der Waals surface area contributed by atoms with Crippen molar-refractivity contribution in [1.82, 2.24) is 0 Å². The highest BCUT2D eigenvalue weighted by Gasteiger charge is 2.36. The number of phenolic OH excluding ortho intramolecular Hbond substituents is 1. The predicted octanol–water partition coefficient (Wildman–Crippen LogP) is 1.90. The van der Waals surface area contributed by atoms with Gasteiger partial charge in [-0.05, 0) is 37.0 Å². The summed E-state index contributed by atoms with van der Waals surface area (Å²) in [7, 11) is 0. The minimum atomic E-state index is -0.853. The van der Waals surface area contributed by atoms with Crippen molar-refractivity contribution in [1.29, 1.82) is 0 Å². The molecule has 1 aliphatic rings. The molecule has 0 heterocycles. The van der Waals surface area contributed by atoms with Crippen molar-refractivity contribution in [3.8, 4) is 5.75 Å². The molecule has 13 heavy (non-hydrogen) atoms. The summed E-state index contributed by atoms with van der Waals surface area (Å²) in [6.45, 7) is 0. The Balaban J connectivity index is 2.36. The molecule has 1 aromatic carbocycles. The number of halogens is 1. The van der Waals surface area contributed by atoms with Gasteiger partial charge >= 0.3 is 0 Å². The average Bonchev–Trinajstić information content (AvgIpc) is 2.06. The van der Waals surface area contributed by atoms with E-state index in [0.717, 1.165) is 6.42 Å². The third-order valence-corrected chi connectivity index (χ3v) is 2.67. The molecule has 1 fully saturated rings. The van der Waals surface area contributed by atoms with Crippen molar-refractivity contribution in [2.75, 3.05) is 0 Å². The minimum Gasteiger partial charge on any atom is -0.505 e.